The van der Waals surface area contributed by atoms with Crippen LogP contribution in [0.25, 0.3) is 0 Å². The smallest absolute Gasteiger partial charge is 0.403 e. The number of aromatic amines is 4. The zero-order valence-corrected chi connectivity index (χ0v) is 69.5. The van der Waals surface area contributed by atoms with E-state index in [2.05, 4.69) is 0 Å². The van der Waals surface area contributed by atoms with Crippen molar-refractivity contribution in [1.82, 2.24) is 38.2 Å². The average molecular weight is 1920 g/mol. The number of H-pyrrole nitrogens is 4. The molecule has 0 bridgehead atoms. The lowest BCUT2D eigenvalue weighted by molar-refractivity contribution is -0.205. The van der Waals surface area contributed by atoms with Gasteiger partial charge in [-0.1, -0.05) is 119 Å². The molecule has 0 amide bonds. The lowest BCUT2D eigenvalue weighted by Gasteiger charge is -2.29. The number of aryl methyl sites for hydroxylation is 4. The zero-order chi connectivity index (χ0) is 95.6. The third-order valence-corrected chi connectivity index (χ3v) is 24.7. The zero-order valence-electron chi connectivity index (χ0n) is 68.9. The molecule has 124 heavy (non-hydrogen) atoms. The van der Waals surface area contributed by atoms with Crippen LogP contribution in [0.3, 0.4) is 0 Å². The van der Waals surface area contributed by atoms with Crippen LogP contribution in [0.5, 0.6) is 23.0 Å². The number of nitrogens with zero attached hydrogens (tertiary/aromatic N) is 4. The van der Waals surface area contributed by atoms with Crippen LogP contribution in [-0.2, 0) is 99.8 Å². The van der Waals surface area contributed by atoms with E-state index in [1.165, 1.54) is 0 Å². The minimum atomic E-state index is -4.86. The van der Waals surface area contributed by atoms with E-state index in [0.717, 1.165) is 6.20 Å². The number of phosphoric ester groups is 4. The number of hydrogen-bond acceptors (Lipinski definition) is 36. The molecule has 4 aromatic heterocycles. The molecular weight excluding hydrogens is 1850 g/mol. The third-order valence-electron chi connectivity index (χ3n) is 18.7. The largest absolute Gasteiger partial charge is 0.530 e. The Morgan fingerprint density at radius 1 is 0.395 bits per heavy atom. The number of ether oxygens (including phenoxy) is 4. The van der Waals surface area contributed by atoms with Crippen LogP contribution in [-0.4, -0.2) is 178 Å². The predicted molar refractivity (Wildman–Crippen MR) is 410 cm³/mol. The van der Waals surface area contributed by atoms with Gasteiger partial charge in [-0.25, -0.2) is 55.0 Å². The molecule has 12 heterocycles. The van der Waals surface area contributed by atoms with Crippen molar-refractivity contribution >= 4 is 77.7 Å². The average Bonchev–Trinajstić information content (AvgIpc) is 1.55. The number of nitrogens with one attached hydrogen (secondary N) is 4. The molecule has 4 unspecified atom stereocenters. The topological polar surface area (TPSA) is 597 Å². The van der Waals surface area contributed by atoms with Crippen molar-refractivity contribution in [2.24, 2.45) is 0 Å². The number of alkyl halides is 4. The molecule has 8 aliphatic rings. The van der Waals surface area contributed by atoms with Gasteiger partial charge >= 0.3 is 54.0 Å². The quantitative estimate of drug-likeness (QED) is 0.0464. The number of aromatic nitrogens is 8. The summed E-state index contributed by atoms with van der Waals surface area (Å²) in [5.74, 6) is -13.7. The van der Waals surface area contributed by atoms with E-state index in [1.807, 2.05) is 4.98 Å². The molecule has 16 rings (SSSR count). The lowest BCUT2D eigenvalue weighted by Crippen LogP contribution is -2.43. The van der Waals surface area contributed by atoms with Gasteiger partial charge in [-0.3, -0.25) is 93.6 Å². The summed E-state index contributed by atoms with van der Waals surface area (Å²) in [7, 11) is -18.3. The number of hydrogen-bond donors (Lipinski definition) is 12. The number of aliphatic hydroxyl groups excluding tert-OH is 8. The van der Waals surface area contributed by atoms with E-state index in [9.17, 15) is 97.5 Å². The fraction of sp³-hybridized carbons (Fsp3) is 0.412. The van der Waals surface area contributed by atoms with Crippen LogP contribution in [0.2, 0.25) is 20.1 Å². The SMILES string of the molecule is Cc1cccc2c1OP(=O)(OC[C@@]1(F)O[C@@H](n3cc(Cl)c(=O)[nH]c3=O)[C@H](O)[C@@H]1O)OC2.[2H]C([2H])(OP1(=O)OCc2cccc(C)c2O1)[C@@]1(F)O[C@@H](n2cc(Cl)c(=O)[nH]c2=O)[C@H](O)[C@@H]1O.[2H]C([2H])(OP1(=O)OCc2cccc(C)c2O1)[C@@]1(F)O[C@@]([2H])(n2cc(Cl)c(=O)[nH]c2=O)[C@H](O)[C@@H]1O.[2H][C@@]1(n2cc(Cl)c(=O)[nH]c2=O)O[C@](F)(COP2(=O)OCc3cccc(C)c3O2)[C@@H](O)[C@H]1O. The molecule has 4 saturated heterocycles. The number of benzene rings is 4. The molecule has 4 aromatic carbocycles. The van der Waals surface area contributed by atoms with Gasteiger partial charge in [0.1, 0.15) is 118 Å². The Morgan fingerprint density at radius 3 is 0.960 bits per heavy atom. The molecular formula is C68H68Cl4F4N8O36P4. The molecule has 672 valence electrons. The Morgan fingerprint density at radius 2 is 0.637 bits per heavy atom. The van der Waals surface area contributed by atoms with E-state index in [-0.39, 0.29) is 54.0 Å². The lowest BCUT2D eigenvalue weighted by atomic mass is 10.1. The highest BCUT2D eigenvalue weighted by Gasteiger charge is 2.62. The van der Waals surface area contributed by atoms with Gasteiger partial charge in [0.25, 0.3) is 45.7 Å². The highest BCUT2D eigenvalue weighted by molar-refractivity contribution is 7.49. The Bertz CT molecular complexity index is 6560. The predicted octanol–water partition coefficient (Wildman–Crippen LogP) is 4.59. The molecule has 0 saturated carbocycles. The number of aliphatic hydroxyl groups is 8. The fourth-order valence-corrected chi connectivity index (χ4v) is 17.7. The molecule has 12 N–H and O–H groups in total. The first-order chi connectivity index (χ1) is 60.3. The third kappa shape index (κ3) is 19.0. The summed E-state index contributed by atoms with van der Waals surface area (Å²) in [6.45, 7) is -4.36. The van der Waals surface area contributed by atoms with Crippen molar-refractivity contribution in [3.63, 3.8) is 0 Å². The fourth-order valence-electron chi connectivity index (χ4n) is 12.2. The molecule has 8 aliphatic heterocycles. The van der Waals surface area contributed by atoms with Crippen LogP contribution in [0.1, 0.15) is 77.6 Å². The molecule has 44 nitrogen and oxygen atoms in total. The molecule has 0 radical (unpaired) electrons. The van der Waals surface area contributed by atoms with E-state index in [4.69, 9.17) is 128 Å². The first-order valence-electron chi connectivity index (χ1n) is 38.2. The summed E-state index contributed by atoms with van der Waals surface area (Å²) in [6.07, 6.45) is -26.5. The summed E-state index contributed by atoms with van der Waals surface area (Å²) in [5.41, 5.74) is -4.38. The second-order valence-corrected chi connectivity index (χ2v) is 35.2. The molecule has 20 atom stereocenters. The summed E-state index contributed by atoms with van der Waals surface area (Å²) >= 11 is 22.6. The van der Waals surface area contributed by atoms with Crippen LogP contribution < -0.4 is 63.1 Å². The maximum absolute atomic E-state index is 15.8. The Balaban J connectivity index is 0.000000148. The highest BCUT2D eigenvalue weighted by atomic mass is 35.5. The highest BCUT2D eigenvalue weighted by Crippen LogP contribution is 2.61. The van der Waals surface area contributed by atoms with Crippen LogP contribution in [0.4, 0.5) is 17.6 Å². The van der Waals surface area contributed by atoms with Crippen molar-refractivity contribution in [2.75, 3.05) is 26.3 Å². The van der Waals surface area contributed by atoms with Gasteiger partial charge in [-0.05, 0) is 49.9 Å². The van der Waals surface area contributed by atoms with Crippen LogP contribution >= 0.6 is 77.7 Å². The van der Waals surface area contributed by atoms with Gasteiger partial charge in [0.05, 0.1) is 34.7 Å². The molecule has 4 fully saturated rings. The molecule has 8 aromatic rings. The standard InChI is InChI=1S/4C17H17ClFN2O9P/c4*1-8-3-2-4-9-6-27-31(26,30-12(8)9)28-7-17(19)13(23)11(22)15(29-17)21-5-10(18)14(24)20-16(21)25/h4*2-5,11,13,15,22-23H,6-7H2,1H3,(H,20,24,25)/t4*11-,13+,15-,17-,31?/m1111/s1/i7D2,15D;15D;7D2;. The molecule has 0 aliphatic carbocycles. The van der Waals surface area contributed by atoms with E-state index < -0.39 is 220 Å². The van der Waals surface area contributed by atoms with Crippen molar-refractivity contribution in [1.29, 1.82) is 0 Å². The first kappa shape index (κ1) is 85.2. The number of rotatable bonds is 16. The summed E-state index contributed by atoms with van der Waals surface area (Å²) in [6, 6.07) is 20.0. The molecule has 56 heteroatoms. The minimum absolute atomic E-state index is 0.0537. The minimum Gasteiger partial charge on any atom is -0.403 e. The molecule has 0 spiro atoms. The monoisotopic (exact) mass is 1920 g/mol. The second-order valence-electron chi connectivity index (χ2n) is 27.3. The number of halogens is 8. The summed E-state index contributed by atoms with van der Waals surface area (Å²) in [5, 5.41) is 79.8. The van der Waals surface area contributed by atoms with Gasteiger partial charge < -0.3 is 77.9 Å². The number of para-hydroxylation sites is 4. The van der Waals surface area contributed by atoms with Crippen molar-refractivity contribution in [3.05, 3.63) is 246 Å². The van der Waals surface area contributed by atoms with Crippen molar-refractivity contribution in [2.45, 2.75) is 151 Å². The maximum Gasteiger partial charge on any atom is 0.530 e. The first-order valence-corrected chi connectivity index (χ1v) is 42.5. The Kier molecular flexibility index (Phi) is 24.6. The van der Waals surface area contributed by atoms with Crippen molar-refractivity contribution in [3.8, 4) is 23.0 Å². The Labute approximate surface area is 717 Å². The Hall–Kier alpha value is -8.20. The number of fused-ring (bicyclic) bond motifs is 4. The normalized spacial score (nSPS) is 34.6. The second kappa shape index (κ2) is 35.8. The van der Waals surface area contributed by atoms with E-state index in [0.29, 0.717) is 76.8 Å². The maximum atomic E-state index is 15.8. The van der Waals surface area contributed by atoms with Gasteiger partial charge in [-0.2, -0.15) is 0 Å². The summed E-state index contributed by atoms with van der Waals surface area (Å²) < 4.78 is 244. The van der Waals surface area contributed by atoms with Crippen LogP contribution in [0.15, 0.2) is 136 Å². The van der Waals surface area contributed by atoms with Gasteiger partial charge in [0.2, 0.25) is 0 Å². The van der Waals surface area contributed by atoms with Gasteiger partial charge in [0.15, 0.2) is 24.9 Å². The van der Waals surface area contributed by atoms with E-state index in [1.54, 1.807) is 115 Å². The van der Waals surface area contributed by atoms with Gasteiger partial charge in [0, 0.05) is 47.0 Å². The van der Waals surface area contributed by atoms with Crippen molar-refractivity contribution < 1.29 is 158 Å². The van der Waals surface area contributed by atoms with E-state index >= 15 is 17.6 Å². The number of phosphoric acid groups is 4. The van der Waals surface area contributed by atoms with Crippen LogP contribution in [0, 0.1) is 27.7 Å². The summed E-state index contributed by atoms with van der Waals surface area (Å²) in [4.78, 5) is 101. The van der Waals surface area contributed by atoms with Gasteiger partial charge in [-0.15, -0.1) is 0 Å².